The molecular weight excluding hydrogens is 562 g/mol. The van der Waals surface area contributed by atoms with Crippen LogP contribution in [0.3, 0.4) is 0 Å². The standard InChI is InChI=1S/C26H23N2O2.2ClH.H2O.Rh/c1-3-8-19(9-4-1)14-23-17-29-25(27-23)21-12-7-13-22(16-21)26-28-24(18-30-26)15-20-10-5-2-6-11-20;;;;/h1-6,8-13,16,23-24H,14-15,17-18H2;2*1H;1H2;/q-1;;;;+3/p-2/t23-,24-;;;;/m0..../s1. The first-order chi connectivity index (χ1) is 16.2. The van der Waals surface area contributed by atoms with E-state index in [0.717, 1.165) is 24.0 Å². The zero-order valence-corrected chi connectivity index (χ0v) is 21.4. The minimum atomic E-state index is -0.226. The van der Waals surface area contributed by atoms with Gasteiger partial charge in [0.05, 0.1) is 12.1 Å². The van der Waals surface area contributed by atoms with Crippen molar-refractivity contribution in [3.8, 4) is 0 Å². The summed E-state index contributed by atoms with van der Waals surface area (Å²) in [5.74, 6) is 1.35. The quantitative estimate of drug-likeness (QED) is 0.307. The molecule has 0 amide bonds. The Labute approximate surface area is 215 Å². The molecule has 2 N–H and O–H groups in total. The molecule has 2 aliphatic heterocycles. The Balaban J connectivity index is 0.000000771. The molecule has 180 valence electrons. The van der Waals surface area contributed by atoms with E-state index in [9.17, 15) is 0 Å². The smallest absolute Gasteiger partial charge is 0.157 e. The molecule has 0 bridgehead atoms. The van der Waals surface area contributed by atoms with E-state index in [2.05, 4.69) is 54.6 Å². The zero-order valence-electron chi connectivity index (χ0n) is 18.3. The van der Waals surface area contributed by atoms with Gasteiger partial charge in [-0.3, -0.25) is 9.98 Å². The first-order valence-electron chi connectivity index (χ1n) is 10.6. The van der Waals surface area contributed by atoms with Crippen LogP contribution in [0.4, 0.5) is 0 Å². The Kier molecular flexibility index (Phi) is 10.5. The van der Waals surface area contributed by atoms with Gasteiger partial charge in [0.2, 0.25) is 0 Å². The van der Waals surface area contributed by atoms with E-state index in [0.29, 0.717) is 25.0 Å². The number of rotatable bonds is 6. The van der Waals surface area contributed by atoms with Gasteiger partial charge in [-0.1, -0.05) is 71.8 Å². The number of benzene rings is 3. The number of hydrogen-bond donors (Lipinski definition) is 0. The molecule has 0 aromatic heterocycles. The topological polar surface area (TPSA) is 74.7 Å². The van der Waals surface area contributed by atoms with Gasteiger partial charge in [-0.05, 0) is 24.0 Å². The van der Waals surface area contributed by atoms with Crippen LogP contribution >= 0.6 is 19.4 Å². The average Bonchev–Trinajstić information content (AvgIpc) is 3.51. The van der Waals surface area contributed by atoms with Crippen LogP contribution in [0, 0.1) is 6.07 Å². The third-order valence-corrected chi connectivity index (χ3v) is 5.34. The minimum Gasteiger partial charge on any atom is -0.485 e. The van der Waals surface area contributed by atoms with Crippen LogP contribution in [0.1, 0.15) is 22.3 Å². The first-order valence-corrected chi connectivity index (χ1v) is 14.8. The van der Waals surface area contributed by atoms with Crippen LogP contribution in [0.5, 0.6) is 0 Å². The molecule has 3 aromatic rings. The van der Waals surface area contributed by atoms with E-state index in [1.807, 2.05) is 30.3 Å². The summed E-state index contributed by atoms with van der Waals surface area (Å²) in [5, 5.41) is 0. The number of aliphatic imine (C=N–C) groups is 2. The Morgan fingerprint density at radius 1 is 0.765 bits per heavy atom. The molecule has 0 saturated heterocycles. The Morgan fingerprint density at radius 2 is 1.18 bits per heavy atom. The Hall–Kier alpha value is -2.24. The monoisotopic (exact) mass is 586 g/mol. The van der Waals surface area contributed by atoms with Crippen molar-refractivity contribution >= 4 is 31.2 Å². The summed E-state index contributed by atoms with van der Waals surface area (Å²) in [5.41, 5.74) is 4.38. The predicted molar refractivity (Wildman–Crippen MR) is 133 cm³/mol. The summed E-state index contributed by atoms with van der Waals surface area (Å²) in [6.07, 6.45) is 1.76. The number of ether oxygens (including phenoxy) is 2. The Morgan fingerprint density at radius 3 is 1.59 bits per heavy atom. The van der Waals surface area contributed by atoms with Crippen molar-refractivity contribution in [2.45, 2.75) is 24.9 Å². The molecule has 8 heteroatoms. The van der Waals surface area contributed by atoms with Gasteiger partial charge in [0.15, 0.2) is 11.8 Å². The fraction of sp³-hybridized carbons (Fsp3) is 0.231. The van der Waals surface area contributed by atoms with Gasteiger partial charge in [0.25, 0.3) is 0 Å². The van der Waals surface area contributed by atoms with E-state index in [-0.39, 0.29) is 32.7 Å². The van der Waals surface area contributed by atoms with Crippen molar-refractivity contribution in [1.82, 2.24) is 0 Å². The molecule has 0 aliphatic carbocycles. The summed E-state index contributed by atoms with van der Waals surface area (Å²) in [6, 6.07) is 30.1. The van der Waals surface area contributed by atoms with Crippen LogP contribution in [-0.4, -0.2) is 42.6 Å². The SMILES string of the molecule is O.[Cl][Rh+][Cl].[c-]1cc(C2=N[C@@H](Cc3ccccc3)CO2)cc(C2=N[C@@H](Cc3ccccc3)CO2)c1. The van der Waals surface area contributed by atoms with Gasteiger partial charge in [-0.15, -0.1) is 6.07 Å². The van der Waals surface area contributed by atoms with Crippen LogP contribution in [0.15, 0.2) is 88.8 Å². The van der Waals surface area contributed by atoms with Gasteiger partial charge < -0.3 is 14.9 Å². The second-order valence-electron chi connectivity index (χ2n) is 7.74. The van der Waals surface area contributed by atoms with Gasteiger partial charge >= 0.3 is 34.5 Å². The van der Waals surface area contributed by atoms with E-state index in [1.54, 1.807) is 0 Å². The van der Waals surface area contributed by atoms with Crippen molar-refractivity contribution in [3.63, 3.8) is 0 Å². The molecule has 5 rings (SSSR count). The molecule has 0 spiro atoms. The van der Waals surface area contributed by atoms with E-state index in [1.165, 1.54) is 11.1 Å². The predicted octanol–water partition coefficient (Wildman–Crippen LogP) is 4.81. The fourth-order valence-corrected chi connectivity index (χ4v) is 3.85. The molecule has 2 atom stereocenters. The van der Waals surface area contributed by atoms with Crippen LogP contribution in [0.2, 0.25) is 0 Å². The van der Waals surface area contributed by atoms with Crippen LogP contribution in [0.25, 0.3) is 0 Å². The van der Waals surface area contributed by atoms with Gasteiger partial charge in [0.1, 0.15) is 13.2 Å². The second kappa shape index (κ2) is 13.6. The van der Waals surface area contributed by atoms with Crippen molar-refractivity contribution in [2.24, 2.45) is 9.98 Å². The molecule has 34 heavy (non-hydrogen) atoms. The van der Waals surface area contributed by atoms with E-state index < -0.39 is 0 Å². The number of nitrogens with zero attached hydrogens (tertiary/aromatic N) is 2. The van der Waals surface area contributed by atoms with Gasteiger partial charge in [-0.2, -0.15) is 18.2 Å². The van der Waals surface area contributed by atoms with Crippen LogP contribution < -0.4 is 0 Å². The first kappa shape index (κ1) is 26.4. The summed E-state index contributed by atoms with van der Waals surface area (Å²) in [7, 11) is 9.67. The summed E-state index contributed by atoms with van der Waals surface area (Å²) < 4.78 is 11.8. The minimum absolute atomic E-state index is 0. The summed E-state index contributed by atoms with van der Waals surface area (Å²) in [6.45, 7) is 1.20. The Bertz CT molecular complexity index is 1010. The summed E-state index contributed by atoms with van der Waals surface area (Å²) in [4.78, 5) is 9.57. The maximum Gasteiger partial charge on any atom is 0.157 e. The number of hydrogen-bond acceptors (Lipinski definition) is 4. The molecule has 3 aromatic carbocycles. The molecule has 0 saturated carbocycles. The van der Waals surface area contributed by atoms with E-state index >= 15 is 0 Å². The third kappa shape index (κ3) is 7.38. The third-order valence-electron chi connectivity index (χ3n) is 5.34. The molecule has 0 unspecified atom stereocenters. The van der Waals surface area contributed by atoms with Gasteiger partial charge in [-0.25, -0.2) is 0 Å². The molecule has 2 heterocycles. The normalized spacial score (nSPS) is 18.5. The van der Waals surface area contributed by atoms with E-state index in [4.69, 9.17) is 38.8 Å². The molecule has 0 radical (unpaired) electrons. The van der Waals surface area contributed by atoms with Crippen molar-refractivity contribution in [3.05, 3.63) is 107 Å². The zero-order chi connectivity index (χ0) is 22.9. The molecule has 5 nitrogen and oxygen atoms in total. The molecular formula is C26H25Cl2N2O3Rh. The largest absolute Gasteiger partial charge is 0.485 e. The van der Waals surface area contributed by atoms with Crippen molar-refractivity contribution in [1.29, 1.82) is 0 Å². The maximum absolute atomic E-state index is 5.89. The molecule has 0 fully saturated rings. The average molecular weight is 587 g/mol. The van der Waals surface area contributed by atoms with Crippen LogP contribution in [-0.2, 0) is 37.5 Å². The molecule has 2 aliphatic rings. The number of halogens is 2. The summed E-state index contributed by atoms with van der Waals surface area (Å²) >= 11 is -0.226. The van der Waals surface area contributed by atoms with Crippen molar-refractivity contribution < 1.29 is 30.1 Å². The second-order valence-corrected chi connectivity index (χ2v) is 10.2. The fourth-order valence-electron chi connectivity index (χ4n) is 3.85. The maximum atomic E-state index is 5.89. The van der Waals surface area contributed by atoms with Gasteiger partial charge in [0, 0.05) is 0 Å². The van der Waals surface area contributed by atoms with Crippen molar-refractivity contribution in [2.75, 3.05) is 13.2 Å².